The maximum Gasteiger partial charge on any atom is 0.242 e. The molecule has 1 fully saturated rings. The van der Waals surface area contributed by atoms with E-state index in [9.17, 15) is 19.8 Å². The van der Waals surface area contributed by atoms with E-state index in [1.807, 2.05) is 36.4 Å². The molecular weight excluding hydrogens is 432 g/mol. The van der Waals surface area contributed by atoms with Crippen molar-refractivity contribution in [2.24, 2.45) is 11.7 Å². The number of amides is 1. The summed E-state index contributed by atoms with van der Waals surface area (Å²) >= 11 is 3.17. The highest BCUT2D eigenvalue weighted by Gasteiger charge is 2.55. The van der Waals surface area contributed by atoms with Crippen molar-refractivity contribution in [3.8, 4) is 0 Å². The summed E-state index contributed by atoms with van der Waals surface area (Å²) in [7, 11) is 0. The molecule has 1 heterocycles. The average molecular weight is 457 g/mol. The van der Waals surface area contributed by atoms with Crippen LogP contribution in [0.3, 0.4) is 0 Å². The molecule has 4 rings (SSSR count). The summed E-state index contributed by atoms with van der Waals surface area (Å²) in [6.07, 6.45) is -1.69. The second-order valence-electron chi connectivity index (χ2n) is 7.56. The van der Waals surface area contributed by atoms with Crippen molar-refractivity contribution in [3.63, 3.8) is 0 Å². The van der Waals surface area contributed by atoms with Crippen LogP contribution >= 0.6 is 23.5 Å². The van der Waals surface area contributed by atoms with Crippen molar-refractivity contribution in [1.82, 2.24) is 5.32 Å². The lowest BCUT2D eigenvalue weighted by Gasteiger charge is -2.47. The first-order valence-corrected chi connectivity index (χ1v) is 12.0. The van der Waals surface area contributed by atoms with Gasteiger partial charge in [0.05, 0.1) is 5.92 Å². The molecule has 2 aliphatic rings. The number of carbonyl (C=O) groups excluding carboxylic acids is 2. The van der Waals surface area contributed by atoms with E-state index in [2.05, 4.69) is 5.32 Å². The van der Waals surface area contributed by atoms with Crippen LogP contribution in [0.25, 0.3) is 0 Å². The molecule has 0 radical (unpaired) electrons. The van der Waals surface area contributed by atoms with Crippen molar-refractivity contribution in [1.29, 1.82) is 0 Å². The summed E-state index contributed by atoms with van der Waals surface area (Å²) in [5, 5.41) is 22.6. The fourth-order valence-electron chi connectivity index (χ4n) is 3.98. The van der Waals surface area contributed by atoms with Crippen molar-refractivity contribution >= 4 is 35.2 Å². The number of benzene rings is 2. The number of ketones is 1. The third kappa shape index (κ3) is 4.58. The normalized spacial score (nSPS) is 23.9. The van der Waals surface area contributed by atoms with Crippen LogP contribution in [0, 0.1) is 5.92 Å². The third-order valence-corrected chi connectivity index (χ3v) is 8.18. The number of rotatable bonds is 7. The Morgan fingerprint density at radius 3 is 2.42 bits per heavy atom. The van der Waals surface area contributed by atoms with E-state index in [1.165, 1.54) is 0 Å². The van der Waals surface area contributed by atoms with E-state index < -0.39 is 30.2 Å². The lowest BCUT2D eigenvalue weighted by Crippen LogP contribution is -2.66. The van der Waals surface area contributed by atoms with Crippen molar-refractivity contribution in [2.45, 2.75) is 28.5 Å². The summed E-state index contributed by atoms with van der Waals surface area (Å²) in [5.41, 5.74) is 7.98. The van der Waals surface area contributed by atoms with E-state index in [0.29, 0.717) is 22.6 Å². The van der Waals surface area contributed by atoms with Gasteiger partial charge in [-0.25, -0.2) is 0 Å². The van der Waals surface area contributed by atoms with Crippen molar-refractivity contribution in [3.05, 3.63) is 77.4 Å². The summed E-state index contributed by atoms with van der Waals surface area (Å²) in [5.74, 6) is -0.0436. The average Bonchev–Trinajstić information content (AvgIpc) is 2.80. The quantitative estimate of drug-likeness (QED) is 0.286. The molecule has 1 saturated carbocycles. The Labute approximate surface area is 189 Å². The van der Waals surface area contributed by atoms with E-state index in [-0.39, 0.29) is 11.0 Å². The molecular formula is C23H24N2O4S2. The van der Waals surface area contributed by atoms with Crippen LogP contribution in [-0.4, -0.2) is 51.0 Å². The maximum atomic E-state index is 12.9. The highest BCUT2D eigenvalue weighted by Crippen LogP contribution is 2.47. The first kappa shape index (κ1) is 22.1. The Kier molecular flexibility index (Phi) is 6.83. The Balaban J connectivity index is 1.45. The monoisotopic (exact) mass is 456 g/mol. The zero-order valence-corrected chi connectivity index (χ0v) is 18.3. The third-order valence-electron chi connectivity index (χ3n) is 5.64. The molecule has 6 nitrogen and oxygen atoms in total. The summed E-state index contributed by atoms with van der Waals surface area (Å²) < 4.78 is 0. The predicted molar refractivity (Wildman–Crippen MR) is 122 cm³/mol. The van der Waals surface area contributed by atoms with Crippen LogP contribution in [0.1, 0.15) is 11.6 Å². The lowest BCUT2D eigenvalue weighted by atomic mass is 9.71. The van der Waals surface area contributed by atoms with Crippen LogP contribution in [0.2, 0.25) is 0 Å². The molecule has 0 aromatic heterocycles. The predicted octanol–water partition coefficient (Wildman–Crippen LogP) is 1.89. The Bertz CT molecular complexity index is 982. The number of hydrogen-bond acceptors (Lipinski definition) is 7. The van der Waals surface area contributed by atoms with Gasteiger partial charge in [0, 0.05) is 21.7 Å². The minimum Gasteiger partial charge on any atom is -0.365 e. The first-order chi connectivity index (χ1) is 15.0. The minimum absolute atomic E-state index is 0.198. The van der Waals surface area contributed by atoms with Gasteiger partial charge in [0.2, 0.25) is 5.91 Å². The van der Waals surface area contributed by atoms with E-state index in [4.69, 9.17) is 5.73 Å². The van der Waals surface area contributed by atoms with E-state index in [1.54, 1.807) is 47.8 Å². The number of Topliss-reactive ketones (excluding diaryl/α,β-unsaturated/α-hetero) is 1. The number of nitrogens with two attached hydrogens (primary N) is 1. The van der Waals surface area contributed by atoms with Crippen LogP contribution in [0.15, 0.2) is 76.7 Å². The largest absolute Gasteiger partial charge is 0.365 e. The number of carbonyl (C=O) groups is 2. The zero-order chi connectivity index (χ0) is 22.0. The van der Waals surface area contributed by atoms with Gasteiger partial charge in [-0.05, 0) is 28.8 Å². The second kappa shape index (κ2) is 9.58. The molecule has 1 aliphatic heterocycles. The number of aliphatic hydroxyl groups excluding tert-OH is 1. The maximum absolute atomic E-state index is 12.9. The molecule has 1 amide bonds. The summed E-state index contributed by atoms with van der Waals surface area (Å²) in [4.78, 5) is 26.6. The fraction of sp³-hybridized carbons (Fsp3) is 0.304. The molecule has 2 unspecified atom stereocenters. The number of nitrogens with one attached hydrogen (secondary N) is 1. The molecule has 0 saturated heterocycles. The van der Waals surface area contributed by atoms with Gasteiger partial charge in [0.25, 0.3) is 0 Å². The standard InChI is InChI=1S/C23H24N2O4S2/c24-18(13-7-3-1-4-8-13)22(27)25-19-20(26)17-16(23(28)29)14(12-31-21(17)19)11-30-15-9-5-2-6-10-15/h1-10,17-19,21,23,28-29H,11-12,24H2,(H,25,27)/t17?,18?,19-,21+/m1/s1. The van der Waals surface area contributed by atoms with Crippen LogP contribution < -0.4 is 11.1 Å². The minimum atomic E-state index is -1.69. The topological polar surface area (TPSA) is 113 Å². The van der Waals surface area contributed by atoms with Gasteiger partial charge in [-0.1, -0.05) is 48.5 Å². The summed E-state index contributed by atoms with van der Waals surface area (Å²) in [6.45, 7) is 0. The first-order valence-electron chi connectivity index (χ1n) is 9.99. The Morgan fingerprint density at radius 2 is 1.77 bits per heavy atom. The van der Waals surface area contributed by atoms with Crippen LogP contribution in [0.4, 0.5) is 0 Å². The molecule has 2 aromatic rings. The van der Waals surface area contributed by atoms with Crippen molar-refractivity contribution < 1.29 is 19.8 Å². The molecule has 2 aromatic carbocycles. The van der Waals surface area contributed by atoms with E-state index >= 15 is 0 Å². The lowest BCUT2D eigenvalue weighted by molar-refractivity contribution is -0.136. The van der Waals surface area contributed by atoms with Gasteiger partial charge in [0.1, 0.15) is 12.1 Å². The number of hydrogen-bond donors (Lipinski definition) is 4. The molecule has 162 valence electrons. The van der Waals surface area contributed by atoms with Gasteiger partial charge in [-0.3, -0.25) is 9.59 Å². The van der Waals surface area contributed by atoms with Gasteiger partial charge in [-0.15, -0.1) is 11.8 Å². The second-order valence-corrected chi connectivity index (χ2v) is 9.78. The van der Waals surface area contributed by atoms with Crippen LogP contribution in [-0.2, 0) is 9.59 Å². The van der Waals surface area contributed by atoms with Crippen molar-refractivity contribution in [2.75, 3.05) is 11.5 Å². The molecule has 0 spiro atoms. The molecule has 5 N–H and O–H groups in total. The van der Waals surface area contributed by atoms with Crippen LogP contribution in [0.5, 0.6) is 0 Å². The molecule has 0 bridgehead atoms. The fourth-order valence-corrected chi connectivity index (χ4v) is 6.60. The molecule has 31 heavy (non-hydrogen) atoms. The number of fused-ring (bicyclic) bond motifs is 1. The smallest absolute Gasteiger partial charge is 0.242 e. The Morgan fingerprint density at radius 1 is 1.13 bits per heavy atom. The van der Waals surface area contributed by atoms with E-state index in [0.717, 1.165) is 10.5 Å². The van der Waals surface area contributed by atoms with Gasteiger partial charge in [0.15, 0.2) is 12.1 Å². The number of thioether (sulfide) groups is 2. The summed E-state index contributed by atoms with van der Waals surface area (Å²) in [6, 6.07) is 17.3. The molecule has 1 aliphatic carbocycles. The zero-order valence-electron chi connectivity index (χ0n) is 16.7. The van der Waals surface area contributed by atoms with Gasteiger partial charge in [-0.2, -0.15) is 11.8 Å². The SMILES string of the molecule is NC(C(=O)N[C@@H]1C(=O)C2C(C(O)O)=C(CSc3ccccc3)CS[C@@H]21)c1ccccc1. The molecule has 4 atom stereocenters. The highest BCUT2D eigenvalue weighted by atomic mass is 32.2. The van der Waals surface area contributed by atoms with Gasteiger partial charge < -0.3 is 21.3 Å². The molecule has 8 heteroatoms. The highest BCUT2D eigenvalue weighted by molar-refractivity contribution is 8.01. The Hall–Kier alpha value is -2.10. The van der Waals surface area contributed by atoms with Gasteiger partial charge >= 0.3 is 0 Å². The number of aliphatic hydroxyl groups is 2.